The second-order valence-electron chi connectivity index (χ2n) is 4.07. The summed E-state index contributed by atoms with van der Waals surface area (Å²) in [6, 6.07) is 8.48. The van der Waals surface area contributed by atoms with Crippen molar-refractivity contribution in [3.8, 4) is 0 Å². The van der Waals surface area contributed by atoms with Gasteiger partial charge >= 0.3 is 12.1 Å². The van der Waals surface area contributed by atoms with Crippen LogP contribution < -0.4 is 33.2 Å². The lowest BCUT2D eigenvalue weighted by Gasteiger charge is -2.21. The highest BCUT2D eigenvalue weighted by molar-refractivity contribution is 6.11. The molecule has 0 atom stereocenters. The number of carbonyl (C=O) groups is 2. The molecule has 8 heteroatoms. The predicted molar refractivity (Wildman–Crippen MR) is 76.4 cm³/mol. The maximum Gasteiger partial charge on any atom is 0.333 e. The number of anilines is 2. The van der Waals surface area contributed by atoms with Gasteiger partial charge in [0, 0.05) is 5.39 Å². The van der Waals surface area contributed by atoms with Gasteiger partial charge in [0.05, 0.1) is 11.4 Å². The Kier molecular flexibility index (Phi) is 3.42. The SMILES string of the molecule is NC(=O)N(N)c1cccc2cccc(N(N)C(N)=O)c12. The normalized spacial score (nSPS) is 10.3. The second-order valence-corrected chi connectivity index (χ2v) is 4.07. The first-order chi connectivity index (χ1) is 9.43. The molecule has 0 unspecified atom stereocenters. The number of benzene rings is 2. The Labute approximate surface area is 114 Å². The van der Waals surface area contributed by atoms with E-state index in [0.29, 0.717) is 16.8 Å². The molecule has 0 radical (unpaired) electrons. The Bertz CT molecular complexity index is 632. The van der Waals surface area contributed by atoms with E-state index >= 15 is 0 Å². The van der Waals surface area contributed by atoms with Gasteiger partial charge in [-0.25, -0.2) is 31.3 Å². The topological polar surface area (TPSA) is 145 Å². The van der Waals surface area contributed by atoms with Crippen molar-refractivity contribution in [2.24, 2.45) is 23.2 Å². The van der Waals surface area contributed by atoms with Gasteiger partial charge in [0.1, 0.15) is 0 Å². The third-order valence-corrected chi connectivity index (χ3v) is 2.85. The minimum absolute atomic E-state index is 0.322. The fraction of sp³-hybridized carbons (Fsp3) is 0. The van der Waals surface area contributed by atoms with Crippen LogP contribution in [0.2, 0.25) is 0 Å². The molecule has 8 N–H and O–H groups in total. The van der Waals surface area contributed by atoms with E-state index in [-0.39, 0.29) is 0 Å². The summed E-state index contributed by atoms with van der Waals surface area (Å²) < 4.78 is 0. The Morgan fingerprint density at radius 2 is 1.20 bits per heavy atom. The van der Waals surface area contributed by atoms with E-state index in [1.807, 2.05) is 0 Å². The van der Waals surface area contributed by atoms with Gasteiger partial charge in [-0.3, -0.25) is 0 Å². The number of nitrogens with two attached hydrogens (primary N) is 4. The molecule has 0 aromatic heterocycles. The number of hydrogen-bond acceptors (Lipinski definition) is 4. The van der Waals surface area contributed by atoms with E-state index < -0.39 is 12.1 Å². The molecule has 0 fully saturated rings. The molecule has 2 rings (SSSR count). The van der Waals surface area contributed by atoms with E-state index in [0.717, 1.165) is 15.4 Å². The molecule has 0 aliphatic carbocycles. The highest BCUT2D eigenvalue weighted by Gasteiger charge is 2.17. The van der Waals surface area contributed by atoms with Crippen molar-refractivity contribution in [3.05, 3.63) is 36.4 Å². The van der Waals surface area contributed by atoms with Crippen molar-refractivity contribution in [1.82, 2.24) is 0 Å². The van der Waals surface area contributed by atoms with Gasteiger partial charge in [-0.05, 0) is 17.5 Å². The molecule has 4 amide bonds. The minimum atomic E-state index is -0.838. The lowest BCUT2D eigenvalue weighted by Crippen LogP contribution is -2.43. The van der Waals surface area contributed by atoms with Gasteiger partial charge in [-0.2, -0.15) is 0 Å². The number of amides is 4. The molecule has 0 bridgehead atoms. The third-order valence-electron chi connectivity index (χ3n) is 2.85. The molecular formula is C12H14N6O2. The average molecular weight is 274 g/mol. The number of urea groups is 2. The molecule has 0 saturated carbocycles. The average Bonchev–Trinajstić information content (AvgIpc) is 2.44. The van der Waals surface area contributed by atoms with Crippen molar-refractivity contribution < 1.29 is 9.59 Å². The van der Waals surface area contributed by atoms with Crippen molar-refractivity contribution in [1.29, 1.82) is 0 Å². The highest BCUT2D eigenvalue weighted by Crippen LogP contribution is 2.33. The molecule has 0 heterocycles. The molecule has 0 aliphatic heterocycles. The van der Waals surface area contributed by atoms with Crippen molar-refractivity contribution >= 4 is 34.2 Å². The first-order valence-electron chi connectivity index (χ1n) is 5.63. The van der Waals surface area contributed by atoms with Gasteiger partial charge in [0.25, 0.3) is 0 Å². The molecule has 0 saturated heterocycles. The summed E-state index contributed by atoms with van der Waals surface area (Å²) in [5.41, 5.74) is 11.0. The number of carbonyl (C=O) groups excluding carboxylic acids is 2. The zero-order valence-electron chi connectivity index (χ0n) is 10.5. The summed E-state index contributed by atoms with van der Waals surface area (Å²) in [6.45, 7) is 0. The number of rotatable bonds is 2. The van der Waals surface area contributed by atoms with Crippen LogP contribution in [0.3, 0.4) is 0 Å². The third kappa shape index (κ3) is 2.20. The Morgan fingerprint density at radius 1 is 0.800 bits per heavy atom. The zero-order chi connectivity index (χ0) is 14.9. The van der Waals surface area contributed by atoms with Crippen LogP contribution in [0.25, 0.3) is 10.8 Å². The summed E-state index contributed by atoms with van der Waals surface area (Å²) in [6.07, 6.45) is 0. The molecule has 0 aliphatic rings. The summed E-state index contributed by atoms with van der Waals surface area (Å²) in [4.78, 5) is 22.5. The van der Waals surface area contributed by atoms with Crippen LogP contribution in [0.15, 0.2) is 36.4 Å². The van der Waals surface area contributed by atoms with E-state index in [9.17, 15) is 9.59 Å². The number of nitrogens with zero attached hydrogens (tertiary/aromatic N) is 2. The first-order valence-corrected chi connectivity index (χ1v) is 5.63. The molecule has 104 valence electrons. The molecule has 8 nitrogen and oxygen atoms in total. The fourth-order valence-corrected chi connectivity index (χ4v) is 1.94. The summed E-state index contributed by atoms with van der Waals surface area (Å²) in [5.74, 6) is 11.3. The summed E-state index contributed by atoms with van der Waals surface area (Å²) in [7, 11) is 0. The lowest BCUT2D eigenvalue weighted by atomic mass is 10.1. The van der Waals surface area contributed by atoms with Gasteiger partial charge in [-0.15, -0.1) is 0 Å². The van der Waals surface area contributed by atoms with Gasteiger partial charge in [0.15, 0.2) is 0 Å². The second kappa shape index (κ2) is 5.03. The number of hydrogen-bond donors (Lipinski definition) is 4. The van der Waals surface area contributed by atoms with E-state index in [1.54, 1.807) is 36.4 Å². The largest absolute Gasteiger partial charge is 0.350 e. The van der Waals surface area contributed by atoms with Crippen LogP contribution in [0.5, 0.6) is 0 Å². The van der Waals surface area contributed by atoms with Crippen molar-refractivity contribution in [2.75, 3.05) is 10.0 Å². The van der Waals surface area contributed by atoms with Gasteiger partial charge in [-0.1, -0.05) is 24.3 Å². The Morgan fingerprint density at radius 3 is 1.55 bits per heavy atom. The summed E-state index contributed by atoms with van der Waals surface area (Å²) in [5, 5.41) is 2.78. The highest BCUT2D eigenvalue weighted by atomic mass is 16.2. The maximum absolute atomic E-state index is 11.2. The number of fused-ring (bicyclic) bond motifs is 1. The first kappa shape index (κ1) is 13.6. The Balaban J connectivity index is 2.77. The summed E-state index contributed by atoms with van der Waals surface area (Å²) >= 11 is 0. The smallest absolute Gasteiger partial charge is 0.333 e. The quantitative estimate of drug-likeness (QED) is 0.356. The predicted octanol–water partition coefficient (Wildman–Crippen LogP) is 0.357. The standard InChI is InChI=1S/C12H14N6O2/c13-11(19)17(15)8-5-1-3-7-4-2-6-9(10(7)8)18(16)12(14)20/h1-6H,15-16H2,(H2,13,19)(H2,14,20). The zero-order valence-corrected chi connectivity index (χ0v) is 10.5. The Hall–Kier alpha value is -2.84. The number of primary amides is 2. The van der Waals surface area contributed by atoms with Gasteiger partial charge < -0.3 is 11.5 Å². The van der Waals surface area contributed by atoms with E-state index in [1.165, 1.54) is 0 Å². The molecule has 20 heavy (non-hydrogen) atoms. The molecule has 0 spiro atoms. The monoisotopic (exact) mass is 274 g/mol. The molecule has 2 aromatic carbocycles. The van der Waals surface area contributed by atoms with Crippen molar-refractivity contribution in [3.63, 3.8) is 0 Å². The fourth-order valence-electron chi connectivity index (χ4n) is 1.94. The van der Waals surface area contributed by atoms with Crippen LogP contribution in [0.4, 0.5) is 21.0 Å². The lowest BCUT2D eigenvalue weighted by molar-refractivity contribution is 0.253. The van der Waals surface area contributed by atoms with Crippen LogP contribution in [-0.4, -0.2) is 12.1 Å². The number of hydrazine groups is 2. The molecular weight excluding hydrogens is 260 g/mol. The molecule has 2 aromatic rings. The van der Waals surface area contributed by atoms with Crippen LogP contribution in [0.1, 0.15) is 0 Å². The van der Waals surface area contributed by atoms with Gasteiger partial charge in [0.2, 0.25) is 0 Å². The van der Waals surface area contributed by atoms with E-state index in [2.05, 4.69) is 0 Å². The van der Waals surface area contributed by atoms with Crippen LogP contribution in [0, 0.1) is 0 Å². The minimum Gasteiger partial charge on any atom is -0.350 e. The van der Waals surface area contributed by atoms with Crippen LogP contribution >= 0.6 is 0 Å². The van der Waals surface area contributed by atoms with Crippen molar-refractivity contribution in [2.45, 2.75) is 0 Å². The van der Waals surface area contributed by atoms with Crippen LogP contribution in [-0.2, 0) is 0 Å². The van der Waals surface area contributed by atoms with E-state index in [4.69, 9.17) is 23.2 Å². The maximum atomic E-state index is 11.2.